The van der Waals surface area contributed by atoms with Gasteiger partial charge in [-0.2, -0.15) is 4.31 Å². The molecule has 5 nitrogen and oxygen atoms in total. The fourth-order valence-corrected chi connectivity index (χ4v) is 6.58. The summed E-state index contributed by atoms with van der Waals surface area (Å²) in [7, 11) is -3.68. The van der Waals surface area contributed by atoms with E-state index >= 15 is 0 Å². The molecule has 2 fully saturated rings. The van der Waals surface area contributed by atoms with Crippen molar-refractivity contribution in [3.05, 3.63) is 17.0 Å². The van der Waals surface area contributed by atoms with Crippen LogP contribution in [0.1, 0.15) is 24.1 Å². The molecule has 20 heavy (non-hydrogen) atoms. The average molecular weight is 315 g/mol. The molecule has 1 aromatic heterocycles. The molecule has 1 N–H and O–H groups in total. The standard InChI is InChI=1S/C13H17NO4S2/c1-8-5-6-11(19-8)20(17,18)14-7-9-3-2-4-10(9)12(14)13(15)16/h5-6,9-10,12H,2-4,7H2,1H3,(H,15,16). The monoisotopic (exact) mass is 315 g/mol. The largest absolute Gasteiger partial charge is 0.480 e. The molecule has 0 bridgehead atoms. The number of sulfonamides is 1. The molecular formula is C13H17NO4S2. The number of aryl methyl sites for hydroxylation is 1. The van der Waals surface area contributed by atoms with Crippen molar-refractivity contribution in [3.8, 4) is 0 Å². The normalized spacial score (nSPS) is 30.6. The molecule has 0 spiro atoms. The number of thiophene rings is 1. The molecule has 1 aromatic rings. The minimum absolute atomic E-state index is 0.0247. The van der Waals surface area contributed by atoms with Crippen molar-refractivity contribution in [1.82, 2.24) is 4.31 Å². The van der Waals surface area contributed by atoms with Crippen LogP contribution in [0.15, 0.2) is 16.3 Å². The molecule has 2 aliphatic rings. The summed E-state index contributed by atoms with van der Waals surface area (Å²) in [6.07, 6.45) is 2.76. The summed E-state index contributed by atoms with van der Waals surface area (Å²) in [5.41, 5.74) is 0. The minimum Gasteiger partial charge on any atom is -0.480 e. The van der Waals surface area contributed by atoms with Gasteiger partial charge in [-0.3, -0.25) is 4.79 Å². The summed E-state index contributed by atoms with van der Waals surface area (Å²) < 4.78 is 26.8. The number of hydrogen-bond acceptors (Lipinski definition) is 4. The molecule has 3 rings (SSSR count). The number of hydrogen-bond donors (Lipinski definition) is 1. The summed E-state index contributed by atoms with van der Waals surface area (Å²) in [6, 6.07) is 2.43. The molecule has 0 amide bonds. The van der Waals surface area contributed by atoms with Gasteiger partial charge in [0.05, 0.1) is 0 Å². The van der Waals surface area contributed by atoms with Crippen LogP contribution in [0.5, 0.6) is 0 Å². The Morgan fingerprint density at radius 3 is 2.75 bits per heavy atom. The van der Waals surface area contributed by atoms with Crippen LogP contribution in [-0.2, 0) is 14.8 Å². The molecule has 3 atom stereocenters. The molecule has 1 aliphatic heterocycles. The second-order valence-corrected chi connectivity index (χ2v) is 8.98. The number of carboxylic acid groups (broad SMARTS) is 1. The van der Waals surface area contributed by atoms with Gasteiger partial charge in [0.1, 0.15) is 10.3 Å². The average Bonchev–Trinajstić information content (AvgIpc) is 3.00. The summed E-state index contributed by atoms with van der Waals surface area (Å²) in [5.74, 6) is -0.841. The molecule has 110 valence electrons. The van der Waals surface area contributed by atoms with Crippen molar-refractivity contribution in [1.29, 1.82) is 0 Å². The Morgan fingerprint density at radius 1 is 1.40 bits per heavy atom. The molecule has 3 unspecified atom stereocenters. The van der Waals surface area contributed by atoms with E-state index in [1.165, 1.54) is 15.6 Å². The van der Waals surface area contributed by atoms with E-state index in [0.29, 0.717) is 6.54 Å². The van der Waals surface area contributed by atoms with Gasteiger partial charge in [-0.25, -0.2) is 8.42 Å². The predicted octanol–water partition coefficient (Wildman–Crippen LogP) is 1.93. The van der Waals surface area contributed by atoms with Crippen molar-refractivity contribution in [2.75, 3.05) is 6.54 Å². The van der Waals surface area contributed by atoms with Crippen LogP contribution in [0.3, 0.4) is 0 Å². The topological polar surface area (TPSA) is 74.7 Å². The fraction of sp³-hybridized carbons (Fsp3) is 0.615. The van der Waals surface area contributed by atoms with Gasteiger partial charge in [-0.1, -0.05) is 6.42 Å². The maximum absolute atomic E-state index is 12.7. The fourth-order valence-electron chi connectivity index (χ4n) is 3.49. The van der Waals surface area contributed by atoms with Gasteiger partial charge < -0.3 is 5.11 Å². The summed E-state index contributed by atoms with van der Waals surface area (Å²) in [4.78, 5) is 12.4. The second-order valence-electron chi connectivity index (χ2n) is 5.58. The Hall–Kier alpha value is -0.920. The molecule has 2 heterocycles. The second kappa shape index (κ2) is 4.82. The zero-order valence-electron chi connectivity index (χ0n) is 11.2. The first-order chi connectivity index (χ1) is 9.41. The van der Waals surface area contributed by atoms with Gasteiger partial charge in [0.2, 0.25) is 0 Å². The highest BCUT2D eigenvalue weighted by molar-refractivity contribution is 7.91. The SMILES string of the molecule is Cc1ccc(S(=O)(=O)N2CC3CCCC3C2C(=O)O)s1. The molecule has 1 aliphatic carbocycles. The zero-order chi connectivity index (χ0) is 14.5. The zero-order valence-corrected chi connectivity index (χ0v) is 12.8. The van der Waals surface area contributed by atoms with E-state index in [1.807, 2.05) is 6.92 Å². The lowest BCUT2D eigenvalue weighted by molar-refractivity contribution is -0.142. The first-order valence-electron chi connectivity index (χ1n) is 6.72. The smallest absolute Gasteiger partial charge is 0.322 e. The van der Waals surface area contributed by atoms with Crippen LogP contribution in [-0.4, -0.2) is 36.4 Å². The van der Waals surface area contributed by atoms with Crippen LogP contribution in [0.25, 0.3) is 0 Å². The molecule has 7 heteroatoms. The third kappa shape index (κ3) is 2.08. The van der Waals surface area contributed by atoms with E-state index in [4.69, 9.17) is 0 Å². The van der Waals surface area contributed by atoms with E-state index in [2.05, 4.69) is 0 Å². The molecule has 1 saturated heterocycles. The van der Waals surface area contributed by atoms with Crippen LogP contribution < -0.4 is 0 Å². The van der Waals surface area contributed by atoms with E-state index in [-0.39, 0.29) is 16.0 Å². The van der Waals surface area contributed by atoms with E-state index in [0.717, 1.165) is 24.1 Å². The van der Waals surface area contributed by atoms with Gasteiger partial charge in [-0.05, 0) is 43.7 Å². The Kier molecular flexibility index (Phi) is 3.38. The van der Waals surface area contributed by atoms with Crippen molar-refractivity contribution >= 4 is 27.3 Å². The van der Waals surface area contributed by atoms with Crippen LogP contribution in [0.2, 0.25) is 0 Å². The Bertz CT molecular complexity index is 637. The highest BCUT2D eigenvalue weighted by Crippen LogP contribution is 2.44. The highest BCUT2D eigenvalue weighted by Gasteiger charge is 2.52. The minimum atomic E-state index is -3.68. The lowest BCUT2D eigenvalue weighted by Gasteiger charge is -2.23. The first-order valence-corrected chi connectivity index (χ1v) is 8.98. The highest BCUT2D eigenvalue weighted by atomic mass is 32.2. The van der Waals surface area contributed by atoms with E-state index in [1.54, 1.807) is 12.1 Å². The van der Waals surface area contributed by atoms with Gasteiger partial charge in [0.25, 0.3) is 10.0 Å². The van der Waals surface area contributed by atoms with Crippen molar-refractivity contribution < 1.29 is 18.3 Å². The number of carboxylic acids is 1. The molecular weight excluding hydrogens is 298 g/mol. The van der Waals surface area contributed by atoms with Crippen LogP contribution in [0, 0.1) is 18.8 Å². The third-order valence-electron chi connectivity index (χ3n) is 4.38. The van der Waals surface area contributed by atoms with Crippen molar-refractivity contribution in [2.45, 2.75) is 36.4 Å². The van der Waals surface area contributed by atoms with Gasteiger partial charge >= 0.3 is 5.97 Å². The maximum Gasteiger partial charge on any atom is 0.322 e. The number of fused-ring (bicyclic) bond motifs is 1. The quantitative estimate of drug-likeness (QED) is 0.925. The third-order valence-corrected chi connectivity index (χ3v) is 7.70. The Labute approximate surface area is 122 Å². The number of rotatable bonds is 3. The summed E-state index contributed by atoms with van der Waals surface area (Å²) >= 11 is 1.20. The van der Waals surface area contributed by atoms with Gasteiger partial charge in [-0.15, -0.1) is 11.3 Å². The summed E-state index contributed by atoms with van der Waals surface area (Å²) in [6.45, 7) is 2.19. The first kappa shape index (κ1) is 14.0. The predicted molar refractivity (Wildman–Crippen MR) is 75.2 cm³/mol. The van der Waals surface area contributed by atoms with E-state index in [9.17, 15) is 18.3 Å². The number of nitrogens with zero attached hydrogens (tertiary/aromatic N) is 1. The molecule has 1 saturated carbocycles. The van der Waals surface area contributed by atoms with E-state index < -0.39 is 22.0 Å². The van der Waals surface area contributed by atoms with Crippen molar-refractivity contribution in [3.63, 3.8) is 0 Å². The molecule has 0 radical (unpaired) electrons. The Balaban J connectivity index is 1.98. The van der Waals surface area contributed by atoms with Crippen LogP contribution in [0.4, 0.5) is 0 Å². The Morgan fingerprint density at radius 2 is 2.15 bits per heavy atom. The lowest BCUT2D eigenvalue weighted by atomic mass is 9.94. The van der Waals surface area contributed by atoms with Gasteiger partial charge in [0.15, 0.2) is 0 Å². The number of aliphatic carboxylic acids is 1. The molecule has 0 aromatic carbocycles. The number of carbonyl (C=O) groups is 1. The van der Waals surface area contributed by atoms with Gasteiger partial charge in [0, 0.05) is 11.4 Å². The summed E-state index contributed by atoms with van der Waals surface area (Å²) in [5, 5.41) is 9.44. The van der Waals surface area contributed by atoms with Crippen LogP contribution >= 0.6 is 11.3 Å². The maximum atomic E-state index is 12.7. The van der Waals surface area contributed by atoms with Crippen molar-refractivity contribution in [2.24, 2.45) is 11.8 Å². The lowest BCUT2D eigenvalue weighted by Crippen LogP contribution is -2.42.